The maximum absolute atomic E-state index is 6.04. The second-order valence-corrected chi connectivity index (χ2v) is 5.33. The summed E-state index contributed by atoms with van der Waals surface area (Å²) in [7, 11) is 0. The number of nitrogens with zero attached hydrogens (tertiary/aromatic N) is 1. The third kappa shape index (κ3) is 4.03. The Balaban J connectivity index is 2.01. The second kappa shape index (κ2) is 7.63. The normalized spacial score (nSPS) is 21.5. The van der Waals surface area contributed by atoms with Gasteiger partial charge in [-0.25, -0.2) is 0 Å². The molecule has 0 saturated carbocycles. The van der Waals surface area contributed by atoms with Crippen molar-refractivity contribution < 1.29 is 4.74 Å². The summed E-state index contributed by atoms with van der Waals surface area (Å²) < 4.78 is 5.63. The van der Waals surface area contributed by atoms with Crippen molar-refractivity contribution in [3.8, 4) is 0 Å². The predicted molar refractivity (Wildman–Crippen MR) is 78.9 cm³/mol. The molecular formula is C16H26N2O. The molecule has 106 valence electrons. The average molecular weight is 262 g/mol. The molecule has 0 bridgehead atoms. The van der Waals surface area contributed by atoms with Crippen molar-refractivity contribution in [1.82, 2.24) is 4.90 Å². The summed E-state index contributed by atoms with van der Waals surface area (Å²) in [6.45, 7) is 6.73. The smallest absolute Gasteiger partial charge is 0.0509 e. The Kier molecular flexibility index (Phi) is 5.83. The highest BCUT2D eigenvalue weighted by Crippen LogP contribution is 2.22. The Morgan fingerprint density at radius 3 is 2.74 bits per heavy atom. The predicted octanol–water partition coefficient (Wildman–Crippen LogP) is 2.26. The van der Waals surface area contributed by atoms with Crippen LogP contribution in [-0.4, -0.2) is 37.2 Å². The van der Waals surface area contributed by atoms with Crippen molar-refractivity contribution in [2.75, 3.05) is 26.3 Å². The number of hydrogen-bond donors (Lipinski definition) is 1. The first-order chi connectivity index (χ1) is 9.35. The number of hydrogen-bond acceptors (Lipinski definition) is 3. The van der Waals surface area contributed by atoms with Crippen molar-refractivity contribution in [2.24, 2.45) is 11.7 Å². The molecule has 1 aromatic carbocycles. The Hall–Kier alpha value is -0.900. The lowest BCUT2D eigenvalue weighted by molar-refractivity contribution is 0.0103. The molecule has 0 aromatic heterocycles. The van der Waals surface area contributed by atoms with Crippen LogP contribution in [-0.2, 0) is 11.3 Å². The first-order valence-corrected chi connectivity index (χ1v) is 7.41. The molecule has 2 N–H and O–H groups in total. The van der Waals surface area contributed by atoms with Crippen molar-refractivity contribution in [3.63, 3.8) is 0 Å². The quantitative estimate of drug-likeness (QED) is 0.854. The maximum atomic E-state index is 6.04. The standard InChI is InChI=1S/C16H26N2O/c1-2-18(12-14-7-4-3-5-8-14)16(11-17)15-9-6-10-19-13-15/h3-5,7-8,15-16H,2,6,9-13,17H2,1H3. The van der Waals surface area contributed by atoms with Crippen molar-refractivity contribution in [1.29, 1.82) is 0 Å². The van der Waals surface area contributed by atoms with Crippen LogP contribution in [0.1, 0.15) is 25.3 Å². The van der Waals surface area contributed by atoms with Crippen LogP contribution < -0.4 is 5.73 Å². The van der Waals surface area contributed by atoms with Crippen molar-refractivity contribution in [3.05, 3.63) is 35.9 Å². The minimum atomic E-state index is 0.436. The van der Waals surface area contributed by atoms with E-state index < -0.39 is 0 Å². The highest BCUT2D eigenvalue weighted by atomic mass is 16.5. The molecule has 1 saturated heterocycles. The van der Waals surface area contributed by atoms with Gasteiger partial charge in [0, 0.05) is 25.7 Å². The van der Waals surface area contributed by atoms with E-state index in [2.05, 4.69) is 42.2 Å². The van der Waals surface area contributed by atoms with Gasteiger partial charge in [-0.15, -0.1) is 0 Å². The molecular weight excluding hydrogens is 236 g/mol. The van der Waals surface area contributed by atoms with Gasteiger partial charge >= 0.3 is 0 Å². The summed E-state index contributed by atoms with van der Waals surface area (Å²) in [5.74, 6) is 0.586. The van der Waals surface area contributed by atoms with Crippen LogP contribution in [0.5, 0.6) is 0 Å². The fourth-order valence-corrected chi connectivity index (χ4v) is 2.99. The Labute approximate surface area is 116 Å². The van der Waals surface area contributed by atoms with Gasteiger partial charge in [0.1, 0.15) is 0 Å². The molecule has 1 heterocycles. The highest BCUT2D eigenvalue weighted by molar-refractivity contribution is 5.14. The number of rotatable bonds is 6. The fourth-order valence-electron chi connectivity index (χ4n) is 2.99. The van der Waals surface area contributed by atoms with E-state index in [4.69, 9.17) is 10.5 Å². The lowest BCUT2D eigenvalue weighted by atomic mass is 9.92. The molecule has 0 aliphatic carbocycles. The van der Waals surface area contributed by atoms with Gasteiger partial charge in [0.25, 0.3) is 0 Å². The summed E-state index contributed by atoms with van der Waals surface area (Å²) in [4.78, 5) is 2.49. The topological polar surface area (TPSA) is 38.5 Å². The molecule has 2 atom stereocenters. The third-order valence-electron chi connectivity index (χ3n) is 4.08. The van der Waals surface area contributed by atoms with E-state index in [0.29, 0.717) is 18.5 Å². The highest BCUT2D eigenvalue weighted by Gasteiger charge is 2.27. The van der Waals surface area contributed by atoms with Gasteiger partial charge in [0.05, 0.1) is 6.61 Å². The second-order valence-electron chi connectivity index (χ2n) is 5.33. The van der Waals surface area contributed by atoms with Gasteiger partial charge < -0.3 is 10.5 Å². The lowest BCUT2D eigenvalue weighted by Crippen LogP contribution is -2.47. The minimum Gasteiger partial charge on any atom is -0.381 e. The van der Waals surface area contributed by atoms with Gasteiger partial charge in [0.2, 0.25) is 0 Å². The number of ether oxygens (including phenoxy) is 1. The molecule has 1 aromatic rings. The van der Waals surface area contributed by atoms with Crippen LogP contribution in [0.2, 0.25) is 0 Å². The minimum absolute atomic E-state index is 0.436. The first-order valence-electron chi connectivity index (χ1n) is 7.41. The first kappa shape index (κ1) is 14.5. The van der Waals surface area contributed by atoms with Gasteiger partial charge in [0.15, 0.2) is 0 Å². The number of nitrogens with two attached hydrogens (primary N) is 1. The van der Waals surface area contributed by atoms with E-state index in [1.54, 1.807) is 0 Å². The molecule has 2 unspecified atom stereocenters. The summed E-state index contributed by atoms with van der Waals surface area (Å²) >= 11 is 0. The van der Waals surface area contributed by atoms with E-state index in [9.17, 15) is 0 Å². The van der Waals surface area contributed by atoms with E-state index in [0.717, 1.165) is 26.3 Å². The van der Waals surface area contributed by atoms with Crippen molar-refractivity contribution in [2.45, 2.75) is 32.4 Å². The van der Waals surface area contributed by atoms with E-state index in [-0.39, 0.29) is 0 Å². The molecule has 3 nitrogen and oxygen atoms in total. The van der Waals surface area contributed by atoms with Gasteiger partial charge in [-0.3, -0.25) is 4.90 Å². The molecule has 19 heavy (non-hydrogen) atoms. The zero-order valence-electron chi connectivity index (χ0n) is 11.9. The molecule has 1 fully saturated rings. The zero-order valence-corrected chi connectivity index (χ0v) is 11.9. The number of likely N-dealkylation sites (N-methyl/N-ethyl adjacent to an activating group) is 1. The van der Waals surface area contributed by atoms with Gasteiger partial charge in [-0.05, 0) is 30.9 Å². The molecule has 2 rings (SSSR count). The number of benzene rings is 1. The van der Waals surface area contributed by atoms with Crippen LogP contribution in [0.15, 0.2) is 30.3 Å². The van der Waals surface area contributed by atoms with Crippen LogP contribution in [0.25, 0.3) is 0 Å². The van der Waals surface area contributed by atoms with E-state index in [1.165, 1.54) is 18.4 Å². The molecule has 0 radical (unpaired) electrons. The summed E-state index contributed by atoms with van der Waals surface area (Å²) in [6, 6.07) is 11.1. The Morgan fingerprint density at radius 1 is 1.37 bits per heavy atom. The summed E-state index contributed by atoms with van der Waals surface area (Å²) in [6.07, 6.45) is 2.41. The van der Waals surface area contributed by atoms with Gasteiger partial charge in [-0.1, -0.05) is 37.3 Å². The molecule has 0 spiro atoms. The summed E-state index contributed by atoms with van der Waals surface area (Å²) in [5.41, 5.74) is 7.40. The van der Waals surface area contributed by atoms with Crippen LogP contribution in [0.3, 0.4) is 0 Å². The monoisotopic (exact) mass is 262 g/mol. The fraction of sp³-hybridized carbons (Fsp3) is 0.625. The van der Waals surface area contributed by atoms with E-state index in [1.807, 2.05) is 0 Å². The summed E-state index contributed by atoms with van der Waals surface area (Å²) in [5, 5.41) is 0. The lowest BCUT2D eigenvalue weighted by Gasteiger charge is -2.37. The molecule has 1 aliphatic heterocycles. The van der Waals surface area contributed by atoms with E-state index >= 15 is 0 Å². The van der Waals surface area contributed by atoms with Crippen LogP contribution >= 0.6 is 0 Å². The van der Waals surface area contributed by atoms with Crippen LogP contribution in [0, 0.1) is 5.92 Å². The molecule has 0 amide bonds. The Bertz CT molecular complexity index is 349. The largest absolute Gasteiger partial charge is 0.381 e. The molecule has 3 heteroatoms. The average Bonchev–Trinajstić information content (AvgIpc) is 2.49. The van der Waals surface area contributed by atoms with Gasteiger partial charge in [-0.2, -0.15) is 0 Å². The SMILES string of the molecule is CCN(Cc1ccccc1)C(CN)C1CCCOC1. The Morgan fingerprint density at radius 2 is 2.16 bits per heavy atom. The third-order valence-corrected chi connectivity index (χ3v) is 4.08. The molecule has 1 aliphatic rings. The van der Waals surface area contributed by atoms with Crippen LogP contribution in [0.4, 0.5) is 0 Å². The van der Waals surface area contributed by atoms with Crippen molar-refractivity contribution >= 4 is 0 Å². The zero-order chi connectivity index (χ0) is 13.5. The maximum Gasteiger partial charge on any atom is 0.0509 e.